The Morgan fingerprint density at radius 3 is 2.80 bits per heavy atom. The standard InChI is InChI=1S/C18H26N4O3/c1-25-15-4-2-14(3-5-15)12-21-9-6-17-16(13-21)18(24)22(20-17)10-7-19-8-11-23/h2-5,19-20,23H,6-13H2,1H3. The molecular weight excluding hydrogens is 320 g/mol. The van der Waals surface area contributed by atoms with Crippen molar-refractivity contribution in [3.63, 3.8) is 0 Å². The van der Waals surface area contributed by atoms with Crippen molar-refractivity contribution in [2.24, 2.45) is 0 Å². The Labute approximate surface area is 147 Å². The molecule has 1 aromatic carbocycles. The first-order chi connectivity index (χ1) is 12.2. The highest BCUT2D eigenvalue weighted by Crippen LogP contribution is 2.18. The second-order valence-corrected chi connectivity index (χ2v) is 6.31. The van der Waals surface area contributed by atoms with Crippen molar-refractivity contribution < 1.29 is 9.84 Å². The van der Waals surface area contributed by atoms with Gasteiger partial charge in [0.2, 0.25) is 0 Å². The van der Waals surface area contributed by atoms with E-state index in [1.54, 1.807) is 11.8 Å². The third kappa shape index (κ3) is 4.31. The van der Waals surface area contributed by atoms with Crippen LogP contribution >= 0.6 is 0 Å². The fourth-order valence-corrected chi connectivity index (χ4v) is 3.19. The molecule has 2 heterocycles. The Bertz CT molecular complexity index is 736. The molecule has 3 N–H and O–H groups in total. The minimum atomic E-state index is 0.0697. The Hall–Kier alpha value is -2.09. The van der Waals surface area contributed by atoms with Crippen molar-refractivity contribution in [3.8, 4) is 5.75 Å². The number of benzene rings is 1. The van der Waals surface area contributed by atoms with Crippen LogP contribution in [0.5, 0.6) is 5.75 Å². The number of ether oxygens (including phenoxy) is 1. The number of methoxy groups -OCH3 is 1. The van der Waals surface area contributed by atoms with Gasteiger partial charge in [-0.15, -0.1) is 0 Å². The lowest BCUT2D eigenvalue weighted by molar-refractivity contribution is 0.244. The molecule has 2 aromatic rings. The van der Waals surface area contributed by atoms with Crippen LogP contribution in [0.25, 0.3) is 0 Å². The van der Waals surface area contributed by atoms with E-state index < -0.39 is 0 Å². The Morgan fingerprint density at radius 1 is 1.28 bits per heavy atom. The molecule has 0 bridgehead atoms. The number of aromatic nitrogens is 2. The number of hydrogen-bond acceptors (Lipinski definition) is 5. The second kappa shape index (κ2) is 8.33. The van der Waals surface area contributed by atoms with Gasteiger partial charge in [0.15, 0.2) is 0 Å². The maximum absolute atomic E-state index is 12.6. The molecule has 0 aliphatic carbocycles. The molecule has 1 aliphatic heterocycles. The van der Waals surface area contributed by atoms with Gasteiger partial charge in [-0.05, 0) is 17.7 Å². The molecule has 0 radical (unpaired) electrons. The molecular formula is C18H26N4O3. The van der Waals surface area contributed by atoms with E-state index in [1.807, 2.05) is 12.1 Å². The molecule has 3 rings (SSSR count). The van der Waals surface area contributed by atoms with Crippen molar-refractivity contribution in [2.45, 2.75) is 26.1 Å². The van der Waals surface area contributed by atoms with E-state index >= 15 is 0 Å². The largest absolute Gasteiger partial charge is 0.497 e. The smallest absolute Gasteiger partial charge is 0.271 e. The summed E-state index contributed by atoms with van der Waals surface area (Å²) < 4.78 is 6.86. The van der Waals surface area contributed by atoms with Crippen LogP contribution in [0.4, 0.5) is 0 Å². The second-order valence-electron chi connectivity index (χ2n) is 6.31. The van der Waals surface area contributed by atoms with E-state index in [2.05, 4.69) is 27.4 Å². The van der Waals surface area contributed by atoms with Gasteiger partial charge in [0.25, 0.3) is 5.56 Å². The number of nitrogens with one attached hydrogen (secondary N) is 2. The van der Waals surface area contributed by atoms with Crippen LogP contribution in [0.1, 0.15) is 16.8 Å². The van der Waals surface area contributed by atoms with Crippen molar-refractivity contribution in [1.82, 2.24) is 20.0 Å². The highest BCUT2D eigenvalue weighted by molar-refractivity contribution is 5.27. The fourth-order valence-electron chi connectivity index (χ4n) is 3.19. The van der Waals surface area contributed by atoms with Crippen molar-refractivity contribution in [1.29, 1.82) is 0 Å². The topological polar surface area (TPSA) is 82.5 Å². The molecule has 25 heavy (non-hydrogen) atoms. The average Bonchev–Trinajstić information content (AvgIpc) is 2.95. The van der Waals surface area contributed by atoms with Crippen LogP contribution in [0.15, 0.2) is 29.1 Å². The zero-order chi connectivity index (χ0) is 17.6. The van der Waals surface area contributed by atoms with Gasteiger partial charge < -0.3 is 15.2 Å². The predicted octanol–water partition coefficient (Wildman–Crippen LogP) is 0.325. The van der Waals surface area contributed by atoms with E-state index in [0.29, 0.717) is 26.2 Å². The summed E-state index contributed by atoms with van der Waals surface area (Å²) in [5.74, 6) is 0.855. The maximum atomic E-state index is 12.6. The molecule has 0 fully saturated rings. The van der Waals surface area contributed by atoms with Gasteiger partial charge >= 0.3 is 0 Å². The predicted molar refractivity (Wildman–Crippen MR) is 95.8 cm³/mol. The minimum Gasteiger partial charge on any atom is -0.497 e. The first-order valence-corrected chi connectivity index (χ1v) is 8.68. The zero-order valence-electron chi connectivity index (χ0n) is 14.6. The third-order valence-electron chi connectivity index (χ3n) is 4.56. The molecule has 136 valence electrons. The molecule has 0 atom stereocenters. The Kier molecular flexibility index (Phi) is 5.91. The highest BCUT2D eigenvalue weighted by Gasteiger charge is 2.22. The number of aliphatic hydroxyl groups excluding tert-OH is 1. The van der Waals surface area contributed by atoms with Gasteiger partial charge in [-0.3, -0.25) is 19.5 Å². The number of fused-ring (bicyclic) bond motifs is 1. The molecule has 0 spiro atoms. The molecule has 7 heteroatoms. The summed E-state index contributed by atoms with van der Waals surface area (Å²) in [4.78, 5) is 14.9. The summed E-state index contributed by atoms with van der Waals surface area (Å²) in [6.45, 7) is 4.34. The lowest BCUT2D eigenvalue weighted by Gasteiger charge is -2.25. The van der Waals surface area contributed by atoms with Crippen molar-refractivity contribution >= 4 is 0 Å². The van der Waals surface area contributed by atoms with Gasteiger partial charge in [0, 0.05) is 44.8 Å². The van der Waals surface area contributed by atoms with Crippen LogP contribution in [0.2, 0.25) is 0 Å². The number of nitrogens with zero attached hydrogens (tertiary/aromatic N) is 2. The molecule has 1 aromatic heterocycles. The first kappa shape index (κ1) is 17.7. The fraction of sp³-hybridized carbons (Fsp3) is 0.500. The third-order valence-corrected chi connectivity index (χ3v) is 4.56. The van der Waals surface area contributed by atoms with Crippen molar-refractivity contribution in [2.75, 3.05) is 33.4 Å². The minimum absolute atomic E-state index is 0.0697. The normalized spacial score (nSPS) is 14.5. The number of aromatic amines is 1. The zero-order valence-corrected chi connectivity index (χ0v) is 14.6. The summed E-state index contributed by atoms with van der Waals surface area (Å²) in [7, 11) is 1.66. The van der Waals surface area contributed by atoms with E-state index in [4.69, 9.17) is 9.84 Å². The van der Waals surface area contributed by atoms with Crippen LogP contribution in [0, 0.1) is 0 Å². The van der Waals surface area contributed by atoms with Crippen LogP contribution in [0.3, 0.4) is 0 Å². The summed E-state index contributed by atoms with van der Waals surface area (Å²) in [6.07, 6.45) is 0.859. The number of rotatable bonds is 8. The lowest BCUT2D eigenvalue weighted by Crippen LogP contribution is -2.33. The van der Waals surface area contributed by atoms with Crippen LogP contribution in [-0.4, -0.2) is 53.1 Å². The van der Waals surface area contributed by atoms with E-state index in [-0.39, 0.29) is 12.2 Å². The SMILES string of the molecule is COc1ccc(CN2CCc3[nH]n(CCNCCO)c(=O)c3C2)cc1. The van der Waals surface area contributed by atoms with Gasteiger partial charge in [0.05, 0.1) is 25.8 Å². The monoisotopic (exact) mass is 346 g/mol. The van der Waals surface area contributed by atoms with Crippen molar-refractivity contribution in [3.05, 3.63) is 51.4 Å². The first-order valence-electron chi connectivity index (χ1n) is 8.68. The molecule has 0 saturated heterocycles. The molecule has 1 aliphatic rings. The lowest BCUT2D eigenvalue weighted by atomic mass is 10.1. The summed E-state index contributed by atoms with van der Waals surface area (Å²) in [5.41, 5.74) is 3.22. The Balaban J connectivity index is 1.62. The summed E-state index contributed by atoms with van der Waals surface area (Å²) in [5, 5.41) is 15.1. The van der Waals surface area contributed by atoms with Gasteiger partial charge in [-0.1, -0.05) is 12.1 Å². The summed E-state index contributed by atoms with van der Waals surface area (Å²) in [6, 6.07) is 8.06. The highest BCUT2D eigenvalue weighted by atomic mass is 16.5. The van der Waals surface area contributed by atoms with E-state index in [9.17, 15) is 4.79 Å². The van der Waals surface area contributed by atoms with Gasteiger partial charge in [0.1, 0.15) is 5.75 Å². The number of aliphatic hydroxyl groups is 1. The van der Waals surface area contributed by atoms with Crippen LogP contribution in [-0.2, 0) is 26.1 Å². The molecule has 0 unspecified atom stereocenters. The van der Waals surface area contributed by atoms with E-state index in [0.717, 1.165) is 36.5 Å². The Morgan fingerprint density at radius 2 is 2.08 bits per heavy atom. The maximum Gasteiger partial charge on any atom is 0.271 e. The summed E-state index contributed by atoms with van der Waals surface area (Å²) >= 11 is 0. The van der Waals surface area contributed by atoms with Gasteiger partial charge in [-0.2, -0.15) is 0 Å². The van der Waals surface area contributed by atoms with Gasteiger partial charge in [-0.25, -0.2) is 0 Å². The van der Waals surface area contributed by atoms with E-state index in [1.165, 1.54) is 5.56 Å². The average molecular weight is 346 g/mol. The quantitative estimate of drug-likeness (QED) is 0.600. The molecule has 0 saturated carbocycles. The molecule has 0 amide bonds. The number of H-pyrrole nitrogens is 1. The number of hydrogen-bond donors (Lipinski definition) is 3. The molecule has 7 nitrogen and oxygen atoms in total. The van der Waals surface area contributed by atoms with Crippen LogP contribution < -0.4 is 15.6 Å².